The molecule has 0 saturated heterocycles. The number of benzene rings is 3. The summed E-state index contributed by atoms with van der Waals surface area (Å²) in [6, 6.07) is 18.4. The van der Waals surface area contributed by atoms with Crippen LogP contribution in [0.2, 0.25) is 0 Å². The van der Waals surface area contributed by atoms with E-state index in [9.17, 15) is 13.2 Å². The molecule has 1 aliphatic rings. The molecule has 8 nitrogen and oxygen atoms in total. The molecule has 0 aromatic heterocycles. The average molecular weight is 497 g/mol. The van der Waals surface area contributed by atoms with Crippen LogP contribution in [0.15, 0.2) is 71.6 Å². The summed E-state index contributed by atoms with van der Waals surface area (Å²) in [5, 5.41) is 0. The first-order valence-corrected chi connectivity index (χ1v) is 12.7. The molecule has 1 aliphatic heterocycles. The fourth-order valence-electron chi connectivity index (χ4n) is 3.85. The van der Waals surface area contributed by atoms with E-state index >= 15 is 0 Å². The first-order chi connectivity index (χ1) is 16.8. The van der Waals surface area contributed by atoms with Crippen LogP contribution in [0.5, 0.6) is 17.2 Å². The van der Waals surface area contributed by atoms with Crippen LogP contribution < -0.4 is 18.5 Å². The van der Waals surface area contributed by atoms with Crippen molar-refractivity contribution < 1.29 is 27.4 Å². The normalized spacial score (nSPS) is 12.7. The van der Waals surface area contributed by atoms with E-state index in [-0.39, 0.29) is 16.4 Å². The maximum Gasteiger partial charge on any atom is 0.264 e. The molecule has 0 unspecified atom stereocenters. The number of fused-ring (bicyclic) bond motifs is 1. The van der Waals surface area contributed by atoms with Gasteiger partial charge in [-0.1, -0.05) is 18.2 Å². The number of nitrogens with zero attached hydrogens (tertiary/aromatic N) is 2. The summed E-state index contributed by atoms with van der Waals surface area (Å²) in [6.45, 7) is 3.56. The van der Waals surface area contributed by atoms with E-state index in [0.29, 0.717) is 49.2 Å². The van der Waals surface area contributed by atoms with Crippen molar-refractivity contribution in [2.75, 3.05) is 38.2 Å². The van der Waals surface area contributed by atoms with Gasteiger partial charge in [-0.2, -0.15) is 0 Å². The molecule has 3 aromatic rings. The standard InChI is InChI=1S/C26H28N2O6S/c1-4-28(18-20-8-6-10-24-25(20)34-16-15-33-24)26(29)19-7-5-9-23(17-19)35(30,31)27(2)21-11-13-22(32-3)14-12-21/h5-14,17H,4,15-16,18H2,1-3H3. The number of amides is 1. The van der Waals surface area contributed by atoms with Gasteiger partial charge in [0.05, 0.1) is 17.7 Å². The fraction of sp³-hybridized carbons (Fsp3) is 0.269. The average Bonchev–Trinajstić information content (AvgIpc) is 2.91. The minimum Gasteiger partial charge on any atom is -0.497 e. The first kappa shape index (κ1) is 24.4. The molecule has 0 atom stereocenters. The van der Waals surface area contributed by atoms with Crippen LogP contribution in [0.1, 0.15) is 22.8 Å². The van der Waals surface area contributed by atoms with Crippen LogP contribution in [0, 0.1) is 0 Å². The lowest BCUT2D eigenvalue weighted by atomic mass is 10.1. The maximum absolute atomic E-state index is 13.4. The lowest BCUT2D eigenvalue weighted by Gasteiger charge is -2.26. The highest BCUT2D eigenvalue weighted by molar-refractivity contribution is 7.92. The van der Waals surface area contributed by atoms with Crippen LogP contribution in [0.4, 0.5) is 5.69 Å². The first-order valence-electron chi connectivity index (χ1n) is 11.2. The number of ether oxygens (including phenoxy) is 3. The molecule has 9 heteroatoms. The molecule has 35 heavy (non-hydrogen) atoms. The van der Waals surface area contributed by atoms with Crippen molar-refractivity contribution in [1.29, 1.82) is 0 Å². The number of carbonyl (C=O) groups excluding carboxylic acids is 1. The Labute approximate surface area is 205 Å². The zero-order valence-corrected chi connectivity index (χ0v) is 20.7. The van der Waals surface area contributed by atoms with Gasteiger partial charge >= 0.3 is 0 Å². The summed E-state index contributed by atoms with van der Waals surface area (Å²) in [5.74, 6) is 1.66. The summed E-state index contributed by atoms with van der Waals surface area (Å²) in [5.41, 5.74) is 1.60. The second kappa shape index (κ2) is 10.3. The van der Waals surface area contributed by atoms with Gasteiger partial charge in [-0.25, -0.2) is 8.42 Å². The van der Waals surface area contributed by atoms with Crippen molar-refractivity contribution in [2.24, 2.45) is 0 Å². The summed E-state index contributed by atoms with van der Waals surface area (Å²) in [4.78, 5) is 15.0. The molecule has 1 heterocycles. The minimum absolute atomic E-state index is 0.0338. The minimum atomic E-state index is -3.89. The van der Waals surface area contributed by atoms with E-state index in [1.165, 1.54) is 23.5 Å². The van der Waals surface area contributed by atoms with E-state index in [1.807, 2.05) is 25.1 Å². The Balaban J connectivity index is 1.58. The molecule has 0 spiro atoms. The van der Waals surface area contributed by atoms with Gasteiger partial charge in [0.25, 0.3) is 15.9 Å². The van der Waals surface area contributed by atoms with E-state index in [1.54, 1.807) is 48.4 Å². The molecule has 0 fully saturated rings. The van der Waals surface area contributed by atoms with Gasteiger partial charge in [0.1, 0.15) is 19.0 Å². The number of sulfonamides is 1. The molecule has 0 N–H and O–H groups in total. The monoisotopic (exact) mass is 496 g/mol. The Hall–Kier alpha value is -3.72. The van der Waals surface area contributed by atoms with Crippen molar-refractivity contribution >= 4 is 21.6 Å². The number of rotatable bonds is 8. The van der Waals surface area contributed by atoms with Crippen LogP contribution in [-0.2, 0) is 16.6 Å². The van der Waals surface area contributed by atoms with E-state index < -0.39 is 10.0 Å². The molecule has 0 saturated carbocycles. The third-order valence-electron chi connectivity index (χ3n) is 5.85. The van der Waals surface area contributed by atoms with Gasteiger partial charge in [-0.05, 0) is 55.5 Å². The van der Waals surface area contributed by atoms with E-state index in [0.717, 1.165) is 5.56 Å². The van der Waals surface area contributed by atoms with Gasteiger partial charge in [0.2, 0.25) is 0 Å². The molecule has 0 aliphatic carbocycles. The largest absolute Gasteiger partial charge is 0.497 e. The van der Waals surface area contributed by atoms with Crippen molar-refractivity contribution in [1.82, 2.24) is 4.90 Å². The lowest BCUT2D eigenvalue weighted by molar-refractivity contribution is 0.0749. The zero-order valence-electron chi connectivity index (χ0n) is 19.9. The molecule has 184 valence electrons. The van der Waals surface area contributed by atoms with E-state index in [2.05, 4.69) is 0 Å². The van der Waals surface area contributed by atoms with Crippen LogP contribution in [-0.4, -0.2) is 53.1 Å². The topological polar surface area (TPSA) is 85.4 Å². The number of para-hydroxylation sites is 1. The highest BCUT2D eigenvalue weighted by Gasteiger charge is 2.25. The number of carbonyl (C=O) groups is 1. The van der Waals surface area contributed by atoms with Crippen LogP contribution in [0.25, 0.3) is 0 Å². The fourth-order valence-corrected chi connectivity index (χ4v) is 5.09. The Bertz CT molecular complexity index is 1310. The van der Waals surface area contributed by atoms with Crippen molar-refractivity contribution in [3.8, 4) is 17.2 Å². The second-order valence-corrected chi connectivity index (χ2v) is 9.93. The van der Waals surface area contributed by atoms with E-state index in [4.69, 9.17) is 14.2 Å². The predicted molar refractivity (Wildman–Crippen MR) is 133 cm³/mol. The highest BCUT2D eigenvalue weighted by Crippen LogP contribution is 2.34. The van der Waals surface area contributed by atoms with Crippen LogP contribution >= 0.6 is 0 Å². The summed E-state index contributed by atoms with van der Waals surface area (Å²) >= 11 is 0. The Morgan fingerprint density at radius 2 is 1.71 bits per heavy atom. The highest BCUT2D eigenvalue weighted by atomic mass is 32.2. The Kier molecular flexibility index (Phi) is 7.16. The molecule has 0 bridgehead atoms. The number of hydrogen-bond donors (Lipinski definition) is 0. The molecule has 1 amide bonds. The Morgan fingerprint density at radius 1 is 1.00 bits per heavy atom. The summed E-state index contributed by atoms with van der Waals surface area (Å²) in [7, 11) is -0.862. The summed E-state index contributed by atoms with van der Waals surface area (Å²) < 4.78 is 44.3. The smallest absolute Gasteiger partial charge is 0.264 e. The molecule has 0 radical (unpaired) electrons. The molecule has 4 rings (SSSR count). The second-order valence-electron chi connectivity index (χ2n) is 7.96. The Morgan fingerprint density at radius 3 is 2.43 bits per heavy atom. The maximum atomic E-state index is 13.4. The van der Waals surface area contributed by atoms with Crippen LogP contribution in [0.3, 0.4) is 0 Å². The van der Waals surface area contributed by atoms with Gasteiger partial charge < -0.3 is 19.1 Å². The van der Waals surface area contributed by atoms with Gasteiger partial charge in [-0.15, -0.1) is 0 Å². The van der Waals surface area contributed by atoms with Crippen molar-refractivity contribution in [3.05, 3.63) is 77.9 Å². The molecule has 3 aromatic carbocycles. The zero-order chi connectivity index (χ0) is 25.0. The van der Waals surface area contributed by atoms with Gasteiger partial charge in [0, 0.05) is 31.3 Å². The molecular formula is C26H28N2O6S. The lowest BCUT2D eigenvalue weighted by Crippen LogP contribution is -2.31. The van der Waals surface area contributed by atoms with Crippen molar-refractivity contribution in [2.45, 2.75) is 18.4 Å². The quantitative estimate of drug-likeness (QED) is 0.469. The number of hydrogen-bond acceptors (Lipinski definition) is 6. The number of anilines is 1. The third kappa shape index (κ3) is 5.05. The van der Waals surface area contributed by atoms with Gasteiger partial charge in [0.15, 0.2) is 11.5 Å². The van der Waals surface area contributed by atoms with Crippen molar-refractivity contribution in [3.63, 3.8) is 0 Å². The van der Waals surface area contributed by atoms with Gasteiger partial charge in [-0.3, -0.25) is 9.10 Å². The SMILES string of the molecule is CCN(Cc1cccc2c1OCCO2)C(=O)c1cccc(S(=O)(=O)N(C)c2ccc(OC)cc2)c1. The summed E-state index contributed by atoms with van der Waals surface area (Å²) in [6.07, 6.45) is 0. The third-order valence-corrected chi connectivity index (χ3v) is 7.63. The number of methoxy groups -OCH3 is 1. The molecular weight excluding hydrogens is 468 g/mol. The predicted octanol–water partition coefficient (Wildman–Crippen LogP) is 3.95.